The van der Waals surface area contributed by atoms with Crippen molar-refractivity contribution in [2.45, 2.75) is 4.90 Å². The zero-order valence-electron chi connectivity index (χ0n) is 17.8. The third kappa shape index (κ3) is 4.50. The molecule has 0 radical (unpaired) electrons. The molecular weight excluding hydrogens is 499 g/mol. The zero-order valence-corrected chi connectivity index (χ0v) is 20.1. The number of amides is 1. The van der Waals surface area contributed by atoms with Crippen LogP contribution in [0.1, 0.15) is 0 Å². The quantitative estimate of drug-likeness (QED) is 0.332. The van der Waals surface area contributed by atoms with Crippen LogP contribution in [-0.4, -0.2) is 30.5 Å². The van der Waals surface area contributed by atoms with Crippen molar-refractivity contribution in [3.63, 3.8) is 0 Å². The molecule has 1 aromatic heterocycles. The van der Waals surface area contributed by atoms with Crippen LogP contribution in [0.5, 0.6) is 5.88 Å². The molecule has 0 aliphatic heterocycles. The number of nitrogens with zero attached hydrogens (tertiary/aromatic N) is 4. The summed E-state index contributed by atoms with van der Waals surface area (Å²) in [5, 5.41) is 19.0. The summed E-state index contributed by atoms with van der Waals surface area (Å²) in [5.74, 6) is -1.02. The molecule has 0 unspecified atom stereocenters. The molecule has 174 valence electrons. The van der Waals surface area contributed by atoms with Crippen LogP contribution >= 0.6 is 23.2 Å². The van der Waals surface area contributed by atoms with Gasteiger partial charge in [-0.05, 0) is 36.4 Å². The van der Waals surface area contributed by atoms with E-state index in [4.69, 9.17) is 23.2 Å². The van der Waals surface area contributed by atoms with Crippen molar-refractivity contribution in [3.8, 4) is 5.88 Å². The summed E-state index contributed by atoms with van der Waals surface area (Å²) in [6, 6.07) is 19.0. The summed E-state index contributed by atoms with van der Waals surface area (Å²) in [6.07, 6.45) is 0. The Labute approximate surface area is 205 Å². The number of azo groups is 1. The molecule has 0 aliphatic rings. The van der Waals surface area contributed by atoms with Crippen LogP contribution < -0.4 is 4.31 Å². The van der Waals surface area contributed by atoms with Gasteiger partial charge in [-0.1, -0.05) is 59.6 Å². The minimum Gasteiger partial charge on any atom is -0.493 e. The molecule has 34 heavy (non-hydrogen) atoms. The van der Waals surface area contributed by atoms with Gasteiger partial charge < -0.3 is 9.67 Å². The first-order chi connectivity index (χ1) is 16.2. The molecule has 0 fully saturated rings. The largest absolute Gasteiger partial charge is 0.493 e. The van der Waals surface area contributed by atoms with Gasteiger partial charge in [0, 0.05) is 12.4 Å². The second-order valence-corrected chi connectivity index (χ2v) is 9.94. The summed E-state index contributed by atoms with van der Waals surface area (Å²) in [6.45, 7) is -0.649. The van der Waals surface area contributed by atoms with Crippen molar-refractivity contribution in [3.05, 3.63) is 82.8 Å². The van der Waals surface area contributed by atoms with E-state index in [-0.39, 0.29) is 32.2 Å². The van der Waals surface area contributed by atoms with Crippen LogP contribution in [0.4, 0.5) is 11.4 Å². The summed E-state index contributed by atoms with van der Waals surface area (Å²) in [5.41, 5.74) is 0.943. The highest BCUT2D eigenvalue weighted by Gasteiger charge is 2.28. The van der Waals surface area contributed by atoms with Crippen LogP contribution in [0.15, 0.2) is 87.9 Å². The standard InChI is InChI=1S/C23H18Cl2N4O4S/c1-28-20-10-6-5-9-17(20)22(23(28)31)27-26-21(30)14-29(15-11-12-18(24)19(25)13-15)34(32,33)16-7-3-2-4-8-16/h2-13,31H,14H2,1H3. The molecule has 11 heteroatoms. The first-order valence-electron chi connectivity index (χ1n) is 9.94. The lowest BCUT2D eigenvalue weighted by atomic mass is 10.2. The Hall–Kier alpha value is -3.40. The molecule has 1 heterocycles. The molecule has 3 aromatic carbocycles. The monoisotopic (exact) mass is 516 g/mol. The molecule has 4 aromatic rings. The lowest BCUT2D eigenvalue weighted by molar-refractivity contribution is -0.116. The van der Waals surface area contributed by atoms with E-state index >= 15 is 0 Å². The smallest absolute Gasteiger partial charge is 0.285 e. The SMILES string of the molecule is Cn1c(O)c(N=NC(=O)CN(c2ccc(Cl)c(Cl)c2)S(=O)(=O)c2ccccc2)c2ccccc21. The number of sulfonamides is 1. The number of aromatic nitrogens is 1. The number of anilines is 1. The minimum absolute atomic E-state index is 0.0162. The third-order valence-corrected chi connectivity index (χ3v) is 7.64. The molecule has 8 nitrogen and oxygen atoms in total. The summed E-state index contributed by atoms with van der Waals surface area (Å²) in [7, 11) is -2.50. The lowest BCUT2D eigenvalue weighted by Crippen LogP contribution is -2.35. The Morgan fingerprint density at radius 3 is 2.38 bits per heavy atom. The molecule has 1 N–H and O–H groups in total. The molecule has 0 bridgehead atoms. The van der Waals surface area contributed by atoms with Gasteiger partial charge in [0.1, 0.15) is 6.54 Å². The minimum atomic E-state index is -4.14. The Morgan fingerprint density at radius 2 is 1.68 bits per heavy atom. The number of hydrogen-bond donors (Lipinski definition) is 1. The lowest BCUT2D eigenvalue weighted by Gasteiger charge is -2.23. The van der Waals surface area contributed by atoms with Gasteiger partial charge in [-0.2, -0.15) is 0 Å². The van der Waals surface area contributed by atoms with Crippen LogP contribution in [0.3, 0.4) is 0 Å². The molecule has 1 amide bonds. The molecule has 0 atom stereocenters. The third-order valence-electron chi connectivity index (χ3n) is 5.11. The van der Waals surface area contributed by atoms with E-state index in [1.54, 1.807) is 49.5 Å². The summed E-state index contributed by atoms with van der Waals surface area (Å²) < 4.78 is 29.1. The number of benzene rings is 3. The average Bonchev–Trinajstić information content (AvgIpc) is 3.08. The van der Waals surface area contributed by atoms with E-state index in [2.05, 4.69) is 10.2 Å². The maximum absolute atomic E-state index is 13.4. The molecule has 0 saturated carbocycles. The maximum Gasteiger partial charge on any atom is 0.285 e. The number of halogens is 2. The van der Waals surface area contributed by atoms with Gasteiger partial charge in [0.05, 0.1) is 26.1 Å². The highest BCUT2D eigenvalue weighted by Crippen LogP contribution is 2.38. The van der Waals surface area contributed by atoms with Crippen LogP contribution in [0, 0.1) is 0 Å². The highest BCUT2D eigenvalue weighted by atomic mass is 35.5. The molecule has 0 spiro atoms. The van der Waals surface area contributed by atoms with Crippen molar-refractivity contribution in [2.75, 3.05) is 10.8 Å². The second-order valence-electron chi connectivity index (χ2n) is 7.27. The van der Waals surface area contributed by atoms with Crippen molar-refractivity contribution in [2.24, 2.45) is 17.3 Å². The molecule has 4 rings (SSSR count). The van der Waals surface area contributed by atoms with Gasteiger partial charge >= 0.3 is 0 Å². The van der Waals surface area contributed by atoms with Gasteiger partial charge in [-0.25, -0.2) is 8.42 Å². The molecule has 0 saturated heterocycles. The van der Waals surface area contributed by atoms with Crippen molar-refractivity contribution >= 4 is 61.4 Å². The van der Waals surface area contributed by atoms with Gasteiger partial charge in [0.2, 0.25) is 5.88 Å². The number of aromatic hydroxyl groups is 1. The van der Waals surface area contributed by atoms with Crippen molar-refractivity contribution < 1.29 is 18.3 Å². The fraction of sp³-hybridized carbons (Fsp3) is 0.0870. The van der Waals surface area contributed by atoms with E-state index < -0.39 is 22.5 Å². The Morgan fingerprint density at radius 1 is 1.00 bits per heavy atom. The normalized spacial score (nSPS) is 11.9. The van der Waals surface area contributed by atoms with E-state index in [1.807, 2.05) is 0 Å². The fourth-order valence-corrected chi connectivity index (χ4v) is 5.11. The van der Waals surface area contributed by atoms with E-state index in [1.165, 1.54) is 34.9 Å². The van der Waals surface area contributed by atoms with Crippen molar-refractivity contribution in [1.82, 2.24) is 4.57 Å². The Bertz CT molecular complexity index is 1520. The number of hydrogen-bond acceptors (Lipinski definition) is 5. The number of aryl methyl sites for hydroxylation is 1. The molecule has 0 aliphatic carbocycles. The number of carbonyl (C=O) groups excluding carboxylic acids is 1. The highest BCUT2D eigenvalue weighted by molar-refractivity contribution is 7.92. The number of rotatable bonds is 6. The topological polar surface area (TPSA) is 104 Å². The predicted molar refractivity (Wildman–Crippen MR) is 132 cm³/mol. The van der Waals surface area contributed by atoms with Gasteiger partial charge in [-0.15, -0.1) is 10.2 Å². The summed E-state index contributed by atoms with van der Waals surface area (Å²) in [4.78, 5) is 12.8. The predicted octanol–water partition coefficient (Wildman–Crippen LogP) is 5.70. The van der Waals surface area contributed by atoms with Crippen molar-refractivity contribution in [1.29, 1.82) is 0 Å². The average molecular weight is 517 g/mol. The zero-order chi connectivity index (χ0) is 24.5. The first-order valence-corrected chi connectivity index (χ1v) is 12.1. The van der Waals surface area contributed by atoms with Crippen LogP contribution in [-0.2, 0) is 21.9 Å². The Balaban J connectivity index is 1.70. The van der Waals surface area contributed by atoms with Gasteiger partial charge in [0.25, 0.3) is 15.9 Å². The van der Waals surface area contributed by atoms with Gasteiger partial charge in [-0.3, -0.25) is 9.10 Å². The fourth-order valence-electron chi connectivity index (χ4n) is 3.39. The Kier molecular flexibility index (Phi) is 6.60. The number of carbonyl (C=O) groups is 1. The number of para-hydroxylation sites is 1. The molecular formula is C23H18Cl2N4O4S. The maximum atomic E-state index is 13.4. The summed E-state index contributed by atoms with van der Waals surface area (Å²) >= 11 is 12.1. The van der Waals surface area contributed by atoms with Crippen LogP contribution in [0.2, 0.25) is 10.0 Å². The van der Waals surface area contributed by atoms with Gasteiger partial charge in [0.15, 0.2) is 5.69 Å². The first kappa shape index (κ1) is 23.7. The number of fused-ring (bicyclic) bond motifs is 1. The van der Waals surface area contributed by atoms with E-state index in [0.717, 1.165) is 4.31 Å². The van der Waals surface area contributed by atoms with Crippen LogP contribution in [0.25, 0.3) is 10.9 Å². The van der Waals surface area contributed by atoms with E-state index in [0.29, 0.717) is 10.9 Å². The second kappa shape index (κ2) is 9.46. The van der Waals surface area contributed by atoms with E-state index in [9.17, 15) is 18.3 Å².